The van der Waals surface area contributed by atoms with Gasteiger partial charge in [0.1, 0.15) is 0 Å². The average Bonchev–Trinajstić information content (AvgIpc) is 3.77. The van der Waals surface area contributed by atoms with Crippen molar-refractivity contribution in [1.29, 1.82) is 0 Å². The van der Waals surface area contributed by atoms with Gasteiger partial charge >= 0.3 is 0 Å². The average molecular weight is 703 g/mol. The van der Waals surface area contributed by atoms with Crippen LogP contribution in [0.3, 0.4) is 0 Å². The van der Waals surface area contributed by atoms with Crippen LogP contribution in [0.4, 0.5) is 8.78 Å². The van der Waals surface area contributed by atoms with Crippen molar-refractivity contribution in [3.63, 3.8) is 0 Å². The first kappa shape index (κ1) is 25.7. The van der Waals surface area contributed by atoms with Crippen LogP contribution < -0.4 is 0 Å². The molecule has 10 heterocycles. The number of hydrogen-bond donors (Lipinski definition) is 0. The number of thiophene rings is 8. The molecule has 0 aliphatic heterocycles. The van der Waals surface area contributed by atoms with Crippen LogP contribution >= 0.6 is 90.7 Å². The first-order valence-corrected chi connectivity index (χ1v) is 20.4. The van der Waals surface area contributed by atoms with Crippen LogP contribution in [-0.2, 0) is 13.6 Å². The van der Waals surface area contributed by atoms with Gasteiger partial charge in [-0.2, -0.15) is 8.78 Å². The van der Waals surface area contributed by atoms with E-state index in [2.05, 4.69) is 23.1 Å². The lowest BCUT2D eigenvalue weighted by atomic mass is 10.1. The second-order valence-electron chi connectivity index (χ2n) is 10.9. The van der Waals surface area contributed by atoms with Gasteiger partial charge in [-0.25, -0.2) is 0 Å². The van der Waals surface area contributed by atoms with E-state index >= 15 is 0 Å². The number of rotatable bonds is 6. The van der Waals surface area contributed by atoms with Gasteiger partial charge in [-0.3, -0.25) is 0 Å². The third-order valence-electron chi connectivity index (χ3n) is 8.44. The van der Waals surface area contributed by atoms with Crippen molar-refractivity contribution in [2.24, 2.45) is 7.05 Å². The first-order chi connectivity index (χ1) is 20.5. The zero-order chi connectivity index (χ0) is 28.0. The van der Waals surface area contributed by atoms with Crippen LogP contribution in [0.2, 0.25) is 0 Å². The maximum atomic E-state index is 14.2. The van der Waals surface area contributed by atoms with Crippen LogP contribution in [-0.4, -0.2) is 9.13 Å². The zero-order valence-corrected chi connectivity index (χ0v) is 28.8. The molecule has 0 fully saturated rings. The van der Waals surface area contributed by atoms with Gasteiger partial charge in [0.25, 0.3) is 0 Å². The summed E-state index contributed by atoms with van der Waals surface area (Å²) < 4.78 is 51.0. The Morgan fingerprint density at radius 3 is 1.45 bits per heavy atom. The number of unbranched alkanes of at least 4 members (excludes halogenated alkanes) is 4. The van der Waals surface area contributed by atoms with Gasteiger partial charge in [0.15, 0.2) is 10.3 Å². The van der Waals surface area contributed by atoms with Crippen molar-refractivity contribution >= 4 is 179 Å². The molecular formula is C30H20F2N2S8. The van der Waals surface area contributed by atoms with Gasteiger partial charge in [-0.15, -0.1) is 90.7 Å². The van der Waals surface area contributed by atoms with Gasteiger partial charge in [0.05, 0.1) is 87.9 Å². The maximum Gasteiger partial charge on any atom is 0.178 e. The van der Waals surface area contributed by atoms with Gasteiger partial charge in [0.2, 0.25) is 0 Å². The molecule has 0 aliphatic carbocycles. The van der Waals surface area contributed by atoms with Crippen LogP contribution in [0, 0.1) is 10.3 Å². The Kier molecular flexibility index (Phi) is 5.48. The molecule has 0 amide bonds. The second-order valence-corrected chi connectivity index (χ2v) is 19.1. The Labute approximate surface area is 269 Å². The van der Waals surface area contributed by atoms with E-state index in [9.17, 15) is 8.78 Å². The maximum absolute atomic E-state index is 14.2. The number of nitrogens with zero attached hydrogens (tertiary/aromatic N) is 2. The smallest absolute Gasteiger partial charge is 0.178 e. The van der Waals surface area contributed by atoms with Crippen molar-refractivity contribution in [1.82, 2.24) is 9.13 Å². The molecule has 0 atom stereocenters. The first-order valence-electron chi connectivity index (χ1n) is 13.9. The van der Waals surface area contributed by atoms with E-state index in [4.69, 9.17) is 0 Å². The van der Waals surface area contributed by atoms with E-state index in [1.54, 1.807) is 34.8 Å². The topological polar surface area (TPSA) is 9.86 Å². The highest BCUT2D eigenvalue weighted by molar-refractivity contribution is 7.45. The monoisotopic (exact) mass is 702 g/mol. The van der Waals surface area contributed by atoms with Gasteiger partial charge in [-0.05, 0) is 6.42 Å². The van der Waals surface area contributed by atoms with Gasteiger partial charge in [-0.1, -0.05) is 32.6 Å². The van der Waals surface area contributed by atoms with Crippen molar-refractivity contribution in [3.05, 3.63) is 22.4 Å². The predicted octanol–water partition coefficient (Wildman–Crippen LogP) is 13.9. The molecule has 0 saturated carbocycles. The standard InChI is InChI=1S/C30H20F2N2S8/c1-3-4-5-6-7-8-34-17-25-23(40-26(17)27-18(34)28-30(42-27)20-12(36-28)10-14(32)38-20)15-21(39-25)22-16(33(15)2)24-29(41-22)19-11(35-24)9-13(31)37-19/h9-10H,3-8H2,1-2H3. The van der Waals surface area contributed by atoms with E-state index in [-0.39, 0.29) is 10.3 Å². The Balaban J connectivity index is 1.26. The molecule has 0 N–H and O–H groups in total. The number of aryl methyl sites for hydroxylation is 2. The summed E-state index contributed by atoms with van der Waals surface area (Å²) in [6.45, 7) is 3.28. The fourth-order valence-electron chi connectivity index (χ4n) is 6.63. The highest BCUT2D eigenvalue weighted by atomic mass is 32.1. The molecule has 0 saturated heterocycles. The normalized spacial score (nSPS) is 13.3. The van der Waals surface area contributed by atoms with Crippen LogP contribution in [0.15, 0.2) is 12.1 Å². The number of hydrogen-bond acceptors (Lipinski definition) is 8. The molecule has 0 aromatic carbocycles. The second kappa shape index (κ2) is 8.97. The van der Waals surface area contributed by atoms with Crippen LogP contribution in [0.25, 0.3) is 87.9 Å². The fourth-order valence-corrected chi connectivity index (χ4v) is 17.9. The minimum absolute atomic E-state index is 0.0901. The Morgan fingerprint density at radius 2 is 0.929 bits per heavy atom. The Hall–Kier alpha value is -1.64. The van der Waals surface area contributed by atoms with Crippen molar-refractivity contribution in [2.45, 2.75) is 45.6 Å². The van der Waals surface area contributed by atoms with E-state index in [1.807, 2.05) is 45.3 Å². The molecule has 10 aromatic heterocycles. The molecule has 0 aliphatic rings. The SMILES string of the molecule is CCCCCCCn1c2c3sc4cc(F)sc4c3sc2c2sc3c(sc4c5sc6c7sc(F)cc7sc6c5n(C)c43)c21. The Morgan fingerprint density at radius 1 is 0.500 bits per heavy atom. The highest BCUT2D eigenvalue weighted by Gasteiger charge is 2.29. The van der Waals surface area contributed by atoms with Gasteiger partial charge < -0.3 is 9.13 Å². The van der Waals surface area contributed by atoms with E-state index in [0.29, 0.717) is 0 Å². The summed E-state index contributed by atoms with van der Waals surface area (Å²) in [5.41, 5.74) is 5.40. The molecule has 42 heavy (non-hydrogen) atoms. The zero-order valence-electron chi connectivity index (χ0n) is 22.3. The van der Waals surface area contributed by atoms with Crippen LogP contribution in [0.5, 0.6) is 0 Å². The van der Waals surface area contributed by atoms with Crippen molar-refractivity contribution in [2.75, 3.05) is 0 Å². The number of fused-ring (bicyclic) bond motifs is 17. The van der Waals surface area contributed by atoms with E-state index in [1.165, 1.54) is 124 Å². The van der Waals surface area contributed by atoms with E-state index in [0.717, 1.165) is 25.3 Å². The molecule has 10 rings (SSSR count). The predicted molar refractivity (Wildman–Crippen MR) is 193 cm³/mol. The van der Waals surface area contributed by atoms with E-state index < -0.39 is 0 Å². The molecule has 0 spiro atoms. The summed E-state index contributed by atoms with van der Waals surface area (Å²) >= 11 is 13.7. The molecule has 12 heteroatoms. The third kappa shape index (κ3) is 3.20. The van der Waals surface area contributed by atoms with Crippen molar-refractivity contribution < 1.29 is 8.78 Å². The fraction of sp³-hybridized carbons (Fsp3) is 0.267. The summed E-state index contributed by atoms with van der Waals surface area (Å²) in [6, 6.07) is 3.40. The lowest BCUT2D eigenvalue weighted by molar-refractivity contribution is 0.585. The minimum Gasteiger partial charge on any atom is -0.340 e. The molecule has 0 unspecified atom stereocenters. The molecule has 0 radical (unpaired) electrons. The molecule has 212 valence electrons. The summed E-state index contributed by atoms with van der Waals surface area (Å²) in [6.07, 6.45) is 6.25. The quantitative estimate of drug-likeness (QED) is 0.153. The minimum atomic E-state index is -0.0972. The summed E-state index contributed by atoms with van der Waals surface area (Å²) in [5.74, 6) is 0. The lowest BCUT2D eigenvalue weighted by Crippen LogP contribution is -1.97. The largest absolute Gasteiger partial charge is 0.340 e. The van der Waals surface area contributed by atoms with Crippen molar-refractivity contribution in [3.8, 4) is 0 Å². The Bertz CT molecular complexity index is 2700. The third-order valence-corrected chi connectivity index (χ3v) is 18.6. The molecule has 2 nitrogen and oxygen atoms in total. The molecular weight excluding hydrogens is 683 g/mol. The molecule has 10 aromatic rings. The highest BCUT2D eigenvalue weighted by Crippen LogP contribution is 2.57. The van der Waals surface area contributed by atoms with Gasteiger partial charge in [0, 0.05) is 25.7 Å². The van der Waals surface area contributed by atoms with Crippen LogP contribution in [0.1, 0.15) is 39.0 Å². The number of aromatic nitrogens is 2. The number of halogens is 2. The molecule has 0 bridgehead atoms. The summed E-state index contributed by atoms with van der Waals surface area (Å²) in [4.78, 5) is 0. The lowest BCUT2D eigenvalue weighted by Gasteiger charge is -2.06. The summed E-state index contributed by atoms with van der Waals surface area (Å²) in [5, 5.41) is -0.187. The summed E-state index contributed by atoms with van der Waals surface area (Å²) in [7, 11) is 2.21.